The van der Waals surface area contributed by atoms with Crippen LogP contribution in [0.4, 0.5) is 0 Å². The van der Waals surface area contributed by atoms with E-state index in [0.717, 1.165) is 36.1 Å². The van der Waals surface area contributed by atoms with E-state index in [4.69, 9.17) is 4.74 Å². The van der Waals surface area contributed by atoms with Crippen molar-refractivity contribution in [3.8, 4) is 0 Å². The van der Waals surface area contributed by atoms with Gasteiger partial charge in [-0.05, 0) is 50.0 Å². The molecule has 3 rings (SSSR count). The molecule has 0 amide bonds. The molecule has 1 fully saturated rings. The third kappa shape index (κ3) is 2.98. The van der Waals surface area contributed by atoms with Crippen LogP contribution in [0.25, 0.3) is 0 Å². The lowest BCUT2D eigenvalue weighted by molar-refractivity contribution is -0.119. The van der Waals surface area contributed by atoms with E-state index in [1.165, 1.54) is 4.88 Å². The van der Waals surface area contributed by atoms with Gasteiger partial charge in [-0.1, -0.05) is 13.8 Å². The first-order valence-corrected chi connectivity index (χ1v) is 9.17. The van der Waals surface area contributed by atoms with Crippen molar-refractivity contribution in [3.63, 3.8) is 0 Å². The Morgan fingerprint density at radius 2 is 2.00 bits per heavy atom. The zero-order valence-corrected chi connectivity index (χ0v) is 14.4. The van der Waals surface area contributed by atoms with E-state index in [1.54, 1.807) is 11.3 Å². The van der Waals surface area contributed by atoms with Crippen LogP contribution in [0.15, 0.2) is 0 Å². The van der Waals surface area contributed by atoms with E-state index in [0.29, 0.717) is 36.2 Å². The number of carbonyl (C=O) groups is 2. The van der Waals surface area contributed by atoms with Gasteiger partial charge in [-0.2, -0.15) is 0 Å². The Morgan fingerprint density at radius 1 is 1.27 bits per heavy atom. The molecule has 0 aromatic carbocycles. The van der Waals surface area contributed by atoms with Gasteiger partial charge in [0, 0.05) is 22.1 Å². The molecule has 1 aromatic rings. The van der Waals surface area contributed by atoms with Crippen LogP contribution in [0.5, 0.6) is 0 Å². The lowest BCUT2D eigenvalue weighted by Gasteiger charge is -2.24. The predicted molar refractivity (Wildman–Crippen MR) is 87.6 cm³/mol. The van der Waals surface area contributed by atoms with Gasteiger partial charge in [-0.25, -0.2) is 4.79 Å². The van der Waals surface area contributed by atoms with Crippen molar-refractivity contribution in [1.29, 1.82) is 0 Å². The molecule has 2 aliphatic rings. The van der Waals surface area contributed by atoms with Crippen LogP contribution < -0.4 is 0 Å². The second kappa shape index (κ2) is 6.15. The lowest BCUT2D eigenvalue weighted by atomic mass is 9.81. The van der Waals surface area contributed by atoms with Crippen LogP contribution >= 0.6 is 11.3 Å². The number of fused-ring (bicyclic) bond motifs is 1. The van der Waals surface area contributed by atoms with Crippen molar-refractivity contribution in [2.24, 2.45) is 11.8 Å². The number of hydrogen-bond donors (Lipinski definition) is 0. The lowest BCUT2D eigenvalue weighted by Crippen LogP contribution is -2.17. The monoisotopic (exact) mass is 320 g/mol. The summed E-state index contributed by atoms with van der Waals surface area (Å²) < 4.78 is 5.28. The topological polar surface area (TPSA) is 43.4 Å². The number of hydrogen-bond acceptors (Lipinski definition) is 4. The molecular formula is C18H24O3S. The molecule has 1 heterocycles. The molecule has 0 spiro atoms. The fourth-order valence-corrected chi connectivity index (χ4v) is 4.95. The van der Waals surface area contributed by atoms with Crippen molar-refractivity contribution >= 4 is 23.1 Å². The minimum atomic E-state index is -0.236. The first-order chi connectivity index (χ1) is 10.5. The average Bonchev–Trinajstić information content (AvgIpc) is 3.22. The van der Waals surface area contributed by atoms with Gasteiger partial charge in [0.25, 0.3) is 0 Å². The molecule has 2 atom stereocenters. The Morgan fingerprint density at radius 3 is 2.64 bits per heavy atom. The first kappa shape index (κ1) is 15.7. The summed E-state index contributed by atoms with van der Waals surface area (Å²) in [5, 5.41) is 0. The van der Waals surface area contributed by atoms with E-state index in [1.807, 2.05) is 6.92 Å². The maximum absolute atomic E-state index is 12.5. The van der Waals surface area contributed by atoms with Crippen LogP contribution in [-0.2, 0) is 22.4 Å². The molecule has 0 radical (unpaired) electrons. The van der Waals surface area contributed by atoms with Gasteiger partial charge in [0.1, 0.15) is 5.78 Å². The van der Waals surface area contributed by atoms with Crippen molar-refractivity contribution in [2.75, 3.05) is 6.61 Å². The van der Waals surface area contributed by atoms with E-state index < -0.39 is 0 Å². The summed E-state index contributed by atoms with van der Waals surface area (Å²) in [5.74, 6) is 1.36. The summed E-state index contributed by atoms with van der Waals surface area (Å²) in [5.41, 5.74) is 1.88. The highest BCUT2D eigenvalue weighted by Gasteiger charge is 2.35. The highest BCUT2D eigenvalue weighted by molar-refractivity contribution is 7.12. The fourth-order valence-electron chi connectivity index (χ4n) is 3.55. The third-order valence-electron chi connectivity index (χ3n) is 4.71. The molecule has 1 saturated carbocycles. The minimum Gasteiger partial charge on any atom is -0.462 e. The molecule has 0 saturated heterocycles. The van der Waals surface area contributed by atoms with Crippen molar-refractivity contribution in [1.82, 2.24) is 0 Å². The van der Waals surface area contributed by atoms with E-state index in [9.17, 15) is 9.59 Å². The van der Waals surface area contributed by atoms with Crippen LogP contribution in [-0.4, -0.2) is 18.4 Å². The zero-order valence-electron chi connectivity index (χ0n) is 13.6. The number of ether oxygens (including phenoxy) is 1. The number of esters is 1. The van der Waals surface area contributed by atoms with Gasteiger partial charge < -0.3 is 4.74 Å². The second-order valence-corrected chi connectivity index (χ2v) is 7.96. The summed E-state index contributed by atoms with van der Waals surface area (Å²) in [7, 11) is 0. The fraction of sp³-hybridized carbons (Fsp3) is 0.667. The van der Waals surface area contributed by atoms with Gasteiger partial charge in [0.05, 0.1) is 12.2 Å². The van der Waals surface area contributed by atoms with Gasteiger partial charge in [0.2, 0.25) is 0 Å². The molecule has 1 aromatic heterocycles. The van der Waals surface area contributed by atoms with E-state index in [-0.39, 0.29) is 11.9 Å². The molecule has 2 aliphatic carbocycles. The number of thiophene rings is 1. The smallest absolute Gasteiger partial charge is 0.339 e. The Kier molecular flexibility index (Phi) is 4.40. The van der Waals surface area contributed by atoms with Crippen molar-refractivity contribution < 1.29 is 14.3 Å². The summed E-state index contributed by atoms with van der Waals surface area (Å²) >= 11 is 1.68. The Bertz CT molecular complexity index is 598. The van der Waals surface area contributed by atoms with E-state index in [2.05, 4.69) is 13.8 Å². The Balaban J connectivity index is 1.98. The van der Waals surface area contributed by atoms with Crippen molar-refractivity contribution in [2.45, 2.75) is 58.8 Å². The minimum absolute atomic E-state index is 0.236. The normalized spacial score (nSPS) is 24.0. The predicted octanol–water partition coefficient (Wildman–Crippen LogP) is 4.13. The summed E-state index contributed by atoms with van der Waals surface area (Å²) in [4.78, 5) is 26.9. The van der Waals surface area contributed by atoms with Gasteiger partial charge in [0.15, 0.2) is 0 Å². The van der Waals surface area contributed by atoms with Crippen molar-refractivity contribution in [3.05, 3.63) is 20.9 Å². The van der Waals surface area contributed by atoms with E-state index >= 15 is 0 Å². The Labute approximate surface area is 136 Å². The number of rotatable bonds is 5. The summed E-state index contributed by atoms with van der Waals surface area (Å²) in [6.07, 6.45) is 4.55. The number of Topliss-reactive ketones (excluding diaryl/α,β-unsaturated/α-hetero) is 1. The Hall–Kier alpha value is -1.16. The molecule has 4 heteroatoms. The van der Waals surface area contributed by atoms with Crippen LogP contribution in [0.2, 0.25) is 0 Å². The molecule has 22 heavy (non-hydrogen) atoms. The largest absolute Gasteiger partial charge is 0.462 e. The molecule has 120 valence electrons. The maximum Gasteiger partial charge on any atom is 0.339 e. The van der Waals surface area contributed by atoms with Crippen LogP contribution in [0.1, 0.15) is 71.6 Å². The van der Waals surface area contributed by atoms with Crippen LogP contribution in [0.3, 0.4) is 0 Å². The summed E-state index contributed by atoms with van der Waals surface area (Å²) in [6, 6.07) is 0. The standard InChI is InChI=1S/C18H24O3S/c1-4-21-18(20)16-13-8-10(2)7-11(3)17(13)22-15(16)9-14(19)12-5-6-12/h10-12H,4-9H2,1-3H3. The first-order valence-electron chi connectivity index (χ1n) is 8.35. The van der Waals surface area contributed by atoms with Crippen LogP contribution in [0, 0.1) is 11.8 Å². The molecule has 0 N–H and O–H groups in total. The quantitative estimate of drug-likeness (QED) is 0.766. The van der Waals surface area contributed by atoms with Gasteiger partial charge in [-0.3, -0.25) is 4.79 Å². The highest BCUT2D eigenvalue weighted by atomic mass is 32.1. The SMILES string of the molecule is CCOC(=O)c1c(CC(=O)C2CC2)sc2c1CC(C)CC2C. The summed E-state index contributed by atoms with van der Waals surface area (Å²) in [6.45, 7) is 6.68. The number of carbonyl (C=O) groups excluding carboxylic acids is 2. The number of ketones is 1. The van der Waals surface area contributed by atoms with Gasteiger partial charge >= 0.3 is 5.97 Å². The molecular weight excluding hydrogens is 296 g/mol. The maximum atomic E-state index is 12.5. The zero-order chi connectivity index (χ0) is 15.9. The second-order valence-electron chi connectivity index (χ2n) is 6.83. The molecule has 0 bridgehead atoms. The molecule has 0 aliphatic heterocycles. The third-order valence-corrected chi connectivity index (χ3v) is 6.18. The van der Waals surface area contributed by atoms with Gasteiger partial charge in [-0.15, -0.1) is 11.3 Å². The highest BCUT2D eigenvalue weighted by Crippen LogP contribution is 2.44. The molecule has 2 unspecified atom stereocenters. The average molecular weight is 320 g/mol. The molecule has 3 nitrogen and oxygen atoms in total.